The van der Waals surface area contributed by atoms with Crippen LogP contribution in [0.4, 0.5) is 4.39 Å². The van der Waals surface area contributed by atoms with Crippen molar-refractivity contribution in [2.45, 2.75) is 38.8 Å². The van der Waals surface area contributed by atoms with Crippen LogP contribution in [0.5, 0.6) is 11.5 Å². The van der Waals surface area contributed by atoms with Gasteiger partial charge in [0.1, 0.15) is 5.82 Å². The van der Waals surface area contributed by atoms with Gasteiger partial charge in [0, 0.05) is 23.0 Å². The number of rotatable bonds is 8. The molecule has 1 heterocycles. The van der Waals surface area contributed by atoms with Crippen LogP contribution in [0.3, 0.4) is 0 Å². The van der Waals surface area contributed by atoms with Gasteiger partial charge in [0.05, 0.1) is 20.3 Å². The molecular formula is C24H30ClFN2O3. The molecule has 168 valence electrons. The number of halogens is 2. The summed E-state index contributed by atoms with van der Waals surface area (Å²) in [5.74, 6) is 1.06. The van der Waals surface area contributed by atoms with Gasteiger partial charge in [0.15, 0.2) is 11.5 Å². The average Bonchev–Trinajstić information content (AvgIpc) is 2.79. The SMILES string of the molecule is CC[C@@H](NC(=O)C1CCN(Cc2ccc(Cl)cc2F)CC1)c1ccc(OC)c(OC)c1. The van der Waals surface area contributed by atoms with Gasteiger partial charge in [-0.05, 0) is 62.2 Å². The summed E-state index contributed by atoms with van der Waals surface area (Å²) in [5.41, 5.74) is 1.62. The quantitative estimate of drug-likeness (QED) is 0.619. The second kappa shape index (κ2) is 10.8. The number of amides is 1. The van der Waals surface area contributed by atoms with Crippen molar-refractivity contribution in [3.05, 3.63) is 58.4 Å². The Labute approximate surface area is 188 Å². The molecule has 0 spiro atoms. The van der Waals surface area contributed by atoms with Gasteiger partial charge in [-0.1, -0.05) is 30.7 Å². The van der Waals surface area contributed by atoms with Crippen LogP contribution in [0.25, 0.3) is 0 Å². The van der Waals surface area contributed by atoms with E-state index in [1.165, 1.54) is 6.07 Å². The molecular weight excluding hydrogens is 419 g/mol. The molecule has 0 radical (unpaired) electrons. The highest BCUT2D eigenvalue weighted by atomic mass is 35.5. The van der Waals surface area contributed by atoms with E-state index in [2.05, 4.69) is 10.2 Å². The fraction of sp³-hybridized carbons (Fsp3) is 0.458. The minimum atomic E-state index is -0.284. The Balaban J connectivity index is 1.56. The van der Waals surface area contributed by atoms with Crippen molar-refractivity contribution in [2.24, 2.45) is 5.92 Å². The second-order valence-electron chi connectivity index (χ2n) is 7.87. The van der Waals surface area contributed by atoms with Gasteiger partial charge in [-0.2, -0.15) is 0 Å². The molecule has 1 saturated heterocycles. The number of hydrogen-bond donors (Lipinski definition) is 1. The minimum Gasteiger partial charge on any atom is -0.493 e. The first-order valence-electron chi connectivity index (χ1n) is 10.6. The molecule has 0 aliphatic carbocycles. The van der Waals surface area contributed by atoms with Crippen LogP contribution in [0, 0.1) is 11.7 Å². The number of carbonyl (C=O) groups is 1. The smallest absolute Gasteiger partial charge is 0.223 e. The molecule has 1 amide bonds. The maximum Gasteiger partial charge on any atom is 0.223 e. The first-order chi connectivity index (χ1) is 14.9. The molecule has 0 saturated carbocycles. The van der Waals surface area contributed by atoms with E-state index in [1.54, 1.807) is 26.4 Å². The molecule has 2 aromatic rings. The van der Waals surface area contributed by atoms with Crippen LogP contribution in [0.1, 0.15) is 43.4 Å². The molecule has 31 heavy (non-hydrogen) atoms. The zero-order valence-corrected chi connectivity index (χ0v) is 19.0. The van der Waals surface area contributed by atoms with E-state index in [4.69, 9.17) is 21.1 Å². The van der Waals surface area contributed by atoms with Crippen molar-refractivity contribution in [2.75, 3.05) is 27.3 Å². The van der Waals surface area contributed by atoms with Gasteiger partial charge in [-0.25, -0.2) is 4.39 Å². The van der Waals surface area contributed by atoms with Gasteiger partial charge in [-0.3, -0.25) is 9.69 Å². The zero-order chi connectivity index (χ0) is 22.4. The van der Waals surface area contributed by atoms with Gasteiger partial charge in [0.2, 0.25) is 5.91 Å². The lowest BCUT2D eigenvalue weighted by molar-refractivity contribution is -0.127. The van der Waals surface area contributed by atoms with E-state index in [1.807, 2.05) is 25.1 Å². The third-order valence-electron chi connectivity index (χ3n) is 5.90. The van der Waals surface area contributed by atoms with Crippen LogP contribution in [-0.4, -0.2) is 38.1 Å². The molecule has 1 aliphatic rings. The number of nitrogens with zero attached hydrogens (tertiary/aromatic N) is 1. The normalized spacial score (nSPS) is 16.0. The summed E-state index contributed by atoms with van der Waals surface area (Å²) in [4.78, 5) is 15.1. The fourth-order valence-corrected chi connectivity index (χ4v) is 4.18. The summed E-state index contributed by atoms with van der Waals surface area (Å²) in [6.45, 7) is 4.09. The molecule has 0 unspecified atom stereocenters. The first-order valence-corrected chi connectivity index (χ1v) is 11.0. The molecule has 5 nitrogen and oxygen atoms in total. The topological polar surface area (TPSA) is 50.8 Å². The number of ether oxygens (including phenoxy) is 2. The number of methoxy groups -OCH3 is 2. The number of benzene rings is 2. The predicted molar refractivity (Wildman–Crippen MR) is 120 cm³/mol. The Morgan fingerprint density at radius 3 is 2.48 bits per heavy atom. The Hall–Kier alpha value is -2.31. The molecule has 0 bridgehead atoms. The summed E-state index contributed by atoms with van der Waals surface area (Å²) in [7, 11) is 3.20. The third-order valence-corrected chi connectivity index (χ3v) is 6.14. The Bertz CT molecular complexity index is 900. The van der Waals surface area contributed by atoms with E-state index in [-0.39, 0.29) is 23.7 Å². The van der Waals surface area contributed by atoms with Crippen molar-refractivity contribution >= 4 is 17.5 Å². The zero-order valence-electron chi connectivity index (χ0n) is 18.3. The largest absolute Gasteiger partial charge is 0.493 e. The summed E-state index contributed by atoms with van der Waals surface area (Å²) >= 11 is 5.83. The Morgan fingerprint density at radius 2 is 1.87 bits per heavy atom. The summed E-state index contributed by atoms with van der Waals surface area (Å²) < 4.78 is 24.8. The first kappa shape index (κ1) is 23.4. The molecule has 3 rings (SSSR count). The number of likely N-dealkylation sites (tertiary alicyclic amines) is 1. The van der Waals surface area contributed by atoms with E-state index in [0.29, 0.717) is 28.6 Å². The third kappa shape index (κ3) is 5.89. The van der Waals surface area contributed by atoms with E-state index in [0.717, 1.165) is 37.9 Å². The van der Waals surface area contributed by atoms with Gasteiger partial charge >= 0.3 is 0 Å². The molecule has 1 fully saturated rings. The molecule has 1 N–H and O–H groups in total. The fourth-order valence-electron chi connectivity index (χ4n) is 4.02. The molecule has 0 aromatic heterocycles. The van der Waals surface area contributed by atoms with Crippen LogP contribution in [-0.2, 0) is 11.3 Å². The summed E-state index contributed by atoms with van der Waals surface area (Å²) in [5, 5.41) is 3.59. The van der Waals surface area contributed by atoms with Gasteiger partial charge < -0.3 is 14.8 Å². The van der Waals surface area contributed by atoms with Crippen molar-refractivity contribution in [3.63, 3.8) is 0 Å². The highest BCUT2D eigenvalue weighted by Crippen LogP contribution is 2.31. The van der Waals surface area contributed by atoms with Crippen LogP contribution >= 0.6 is 11.6 Å². The lowest BCUT2D eigenvalue weighted by Gasteiger charge is -2.32. The number of carbonyl (C=O) groups excluding carboxylic acids is 1. The van der Waals surface area contributed by atoms with Crippen molar-refractivity contribution in [1.82, 2.24) is 10.2 Å². The maximum absolute atomic E-state index is 14.1. The maximum atomic E-state index is 14.1. The van der Waals surface area contributed by atoms with Crippen molar-refractivity contribution < 1.29 is 18.7 Å². The van der Waals surface area contributed by atoms with Gasteiger partial charge in [0.25, 0.3) is 0 Å². The Kier molecular flexibility index (Phi) is 8.15. The standard InChI is InChI=1S/C24H30ClFN2O3/c1-4-21(17-6-8-22(30-2)23(13-17)31-3)27-24(29)16-9-11-28(12-10-16)15-18-5-7-19(25)14-20(18)26/h5-8,13-14,16,21H,4,9-12,15H2,1-3H3,(H,27,29)/t21-/m1/s1. The molecule has 7 heteroatoms. The van der Waals surface area contributed by atoms with E-state index < -0.39 is 0 Å². The molecule has 2 aromatic carbocycles. The number of nitrogens with one attached hydrogen (secondary N) is 1. The summed E-state index contributed by atoms with van der Waals surface area (Å²) in [6.07, 6.45) is 2.28. The van der Waals surface area contributed by atoms with Gasteiger partial charge in [-0.15, -0.1) is 0 Å². The number of piperidine rings is 1. The van der Waals surface area contributed by atoms with Crippen molar-refractivity contribution in [1.29, 1.82) is 0 Å². The lowest BCUT2D eigenvalue weighted by Crippen LogP contribution is -2.41. The highest BCUT2D eigenvalue weighted by molar-refractivity contribution is 6.30. The molecule has 1 aliphatic heterocycles. The lowest BCUT2D eigenvalue weighted by atomic mass is 9.94. The second-order valence-corrected chi connectivity index (χ2v) is 8.31. The monoisotopic (exact) mass is 448 g/mol. The minimum absolute atomic E-state index is 0.0412. The highest BCUT2D eigenvalue weighted by Gasteiger charge is 2.27. The van der Waals surface area contributed by atoms with E-state index in [9.17, 15) is 9.18 Å². The average molecular weight is 449 g/mol. The van der Waals surface area contributed by atoms with E-state index >= 15 is 0 Å². The number of hydrogen-bond acceptors (Lipinski definition) is 4. The molecule has 1 atom stereocenters. The predicted octanol–water partition coefficient (Wildman–Crippen LogP) is 4.98. The van der Waals surface area contributed by atoms with Crippen molar-refractivity contribution in [3.8, 4) is 11.5 Å². The Morgan fingerprint density at radius 1 is 1.16 bits per heavy atom. The van der Waals surface area contributed by atoms with Crippen LogP contribution < -0.4 is 14.8 Å². The van der Waals surface area contributed by atoms with Crippen LogP contribution in [0.2, 0.25) is 5.02 Å². The summed E-state index contributed by atoms with van der Waals surface area (Å²) in [6, 6.07) is 10.4. The van der Waals surface area contributed by atoms with Crippen LogP contribution in [0.15, 0.2) is 36.4 Å².